The fourth-order valence-electron chi connectivity index (χ4n) is 3.72. The molecule has 0 aromatic heterocycles. The average Bonchev–Trinajstić information content (AvgIpc) is 2.65. The number of para-hydroxylation sites is 1. The van der Waals surface area contributed by atoms with Crippen molar-refractivity contribution in [3.63, 3.8) is 0 Å². The fourth-order valence-corrected chi connectivity index (χ4v) is 3.72. The molecule has 0 spiro atoms. The van der Waals surface area contributed by atoms with Crippen LogP contribution in [0.3, 0.4) is 0 Å². The van der Waals surface area contributed by atoms with Crippen molar-refractivity contribution in [3.8, 4) is 5.75 Å². The van der Waals surface area contributed by atoms with Crippen LogP contribution in [-0.4, -0.2) is 25.6 Å². The molecule has 0 aliphatic carbocycles. The quantitative estimate of drug-likeness (QED) is 0.886. The van der Waals surface area contributed by atoms with Crippen LogP contribution in [0.4, 0.5) is 0 Å². The van der Waals surface area contributed by atoms with Gasteiger partial charge >= 0.3 is 0 Å². The van der Waals surface area contributed by atoms with Gasteiger partial charge < -0.3 is 15.4 Å². The molecular weight excluding hydrogens is 336 g/mol. The number of rotatable bonds is 3. The van der Waals surface area contributed by atoms with Gasteiger partial charge in [0.05, 0.1) is 12.5 Å². The number of nitrogens with one attached hydrogen (secondary N) is 2. The molecule has 2 aromatic rings. The van der Waals surface area contributed by atoms with Crippen molar-refractivity contribution >= 4 is 18.3 Å². The van der Waals surface area contributed by atoms with Crippen LogP contribution in [0, 0.1) is 0 Å². The number of hydrogen-bond donors (Lipinski definition) is 2. The van der Waals surface area contributed by atoms with E-state index >= 15 is 0 Å². The molecule has 5 heteroatoms. The molecule has 0 saturated carbocycles. The van der Waals surface area contributed by atoms with Crippen LogP contribution in [-0.2, 0) is 11.2 Å². The number of amides is 1. The lowest BCUT2D eigenvalue weighted by Crippen LogP contribution is -2.41. The van der Waals surface area contributed by atoms with Gasteiger partial charge in [0.25, 0.3) is 0 Å². The summed E-state index contributed by atoms with van der Waals surface area (Å²) in [5.74, 6) is 0.814. The van der Waals surface area contributed by atoms with Crippen molar-refractivity contribution in [3.05, 3.63) is 65.2 Å². The van der Waals surface area contributed by atoms with Crippen molar-refractivity contribution in [1.29, 1.82) is 0 Å². The Balaban J connectivity index is 0.00000182. The van der Waals surface area contributed by atoms with E-state index in [-0.39, 0.29) is 30.3 Å². The molecule has 0 fully saturated rings. The predicted molar refractivity (Wildman–Crippen MR) is 100 cm³/mol. The van der Waals surface area contributed by atoms with Crippen molar-refractivity contribution in [2.24, 2.45) is 0 Å². The number of carbonyl (C=O) groups excluding carboxylic acids is 1. The summed E-state index contributed by atoms with van der Waals surface area (Å²) in [6.45, 7) is 2.17. The normalized spacial score (nSPS) is 21.1. The molecule has 132 valence electrons. The summed E-state index contributed by atoms with van der Waals surface area (Å²) < 4.78 is 5.65. The Morgan fingerprint density at radius 1 is 1.12 bits per heavy atom. The highest BCUT2D eigenvalue weighted by molar-refractivity contribution is 5.85. The molecule has 0 bridgehead atoms. The maximum atomic E-state index is 12.7. The van der Waals surface area contributed by atoms with Crippen LogP contribution < -0.4 is 15.4 Å². The third-order valence-corrected chi connectivity index (χ3v) is 4.97. The molecule has 4 nitrogen and oxygen atoms in total. The molecule has 25 heavy (non-hydrogen) atoms. The maximum Gasteiger partial charge on any atom is 0.227 e. The van der Waals surface area contributed by atoms with E-state index in [0.29, 0.717) is 13.2 Å². The number of ether oxygens (including phenoxy) is 1. The van der Waals surface area contributed by atoms with E-state index in [4.69, 9.17) is 4.74 Å². The molecule has 2 N–H and O–H groups in total. The zero-order chi connectivity index (χ0) is 16.4. The van der Waals surface area contributed by atoms with Crippen molar-refractivity contribution in [1.82, 2.24) is 10.6 Å². The first-order valence-corrected chi connectivity index (χ1v) is 8.63. The number of halogens is 1. The summed E-state index contributed by atoms with van der Waals surface area (Å²) in [6.07, 6.45) is 1.78. The lowest BCUT2D eigenvalue weighted by Gasteiger charge is -2.29. The lowest BCUT2D eigenvalue weighted by molar-refractivity contribution is -0.123. The highest BCUT2D eigenvalue weighted by atomic mass is 35.5. The van der Waals surface area contributed by atoms with Crippen LogP contribution >= 0.6 is 12.4 Å². The van der Waals surface area contributed by atoms with Gasteiger partial charge in [0, 0.05) is 18.2 Å². The highest BCUT2D eigenvalue weighted by Crippen LogP contribution is 2.33. The number of carbonyl (C=O) groups is 1. The Hall–Kier alpha value is -2.04. The lowest BCUT2D eigenvalue weighted by atomic mass is 9.91. The van der Waals surface area contributed by atoms with Crippen LogP contribution in [0.2, 0.25) is 0 Å². The van der Waals surface area contributed by atoms with Gasteiger partial charge in [-0.05, 0) is 36.6 Å². The van der Waals surface area contributed by atoms with Crippen LogP contribution in [0.15, 0.2) is 48.5 Å². The first-order chi connectivity index (χ1) is 11.8. The Morgan fingerprint density at radius 2 is 1.88 bits per heavy atom. The van der Waals surface area contributed by atoms with Crippen LogP contribution in [0.25, 0.3) is 0 Å². The maximum absolute atomic E-state index is 12.7. The van der Waals surface area contributed by atoms with E-state index in [2.05, 4.69) is 34.9 Å². The monoisotopic (exact) mass is 358 g/mol. The first kappa shape index (κ1) is 17.8. The summed E-state index contributed by atoms with van der Waals surface area (Å²) in [5, 5.41) is 6.66. The van der Waals surface area contributed by atoms with E-state index in [1.54, 1.807) is 0 Å². The standard InChI is InChI=1S/C20H22N2O2.ClH/c23-20(17-10-12-24-19-8-4-3-7-16(17)19)22-13-18-15-6-2-1-5-14(15)9-11-21-18;/h1-8,17-18,21H,9-13H2,(H,22,23);1H. The van der Waals surface area contributed by atoms with Crippen LogP contribution in [0.1, 0.15) is 35.1 Å². The average molecular weight is 359 g/mol. The van der Waals surface area contributed by atoms with Gasteiger partial charge in [0.2, 0.25) is 5.91 Å². The first-order valence-electron chi connectivity index (χ1n) is 8.63. The Bertz CT molecular complexity index is 750. The van der Waals surface area contributed by atoms with Gasteiger partial charge in [-0.15, -0.1) is 12.4 Å². The Kier molecular flexibility index (Phi) is 5.61. The molecule has 0 saturated heterocycles. The number of fused-ring (bicyclic) bond motifs is 2. The molecule has 1 amide bonds. The zero-order valence-electron chi connectivity index (χ0n) is 14.0. The van der Waals surface area contributed by atoms with Gasteiger partial charge in [-0.25, -0.2) is 0 Å². The van der Waals surface area contributed by atoms with Gasteiger partial charge in [-0.1, -0.05) is 42.5 Å². The third kappa shape index (κ3) is 3.65. The summed E-state index contributed by atoms with van der Waals surface area (Å²) in [5.41, 5.74) is 3.68. The van der Waals surface area contributed by atoms with E-state index in [0.717, 1.165) is 30.7 Å². The van der Waals surface area contributed by atoms with Gasteiger partial charge in [0.1, 0.15) is 5.75 Å². The molecule has 2 atom stereocenters. The minimum atomic E-state index is -0.117. The second-order valence-electron chi connectivity index (χ2n) is 6.43. The zero-order valence-corrected chi connectivity index (χ0v) is 14.9. The third-order valence-electron chi connectivity index (χ3n) is 4.97. The number of hydrogen-bond acceptors (Lipinski definition) is 3. The van der Waals surface area contributed by atoms with Crippen molar-refractivity contribution < 1.29 is 9.53 Å². The molecule has 2 heterocycles. The summed E-state index contributed by atoms with van der Waals surface area (Å²) in [7, 11) is 0. The fraction of sp³-hybridized carbons (Fsp3) is 0.350. The van der Waals surface area contributed by atoms with Crippen molar-refractivity contribution in [2.45, 2.75) is 24.8 Å². The predicted octanol–water partition coefficient (Wildman–Crippen LogP) is 2.98. The summed E-state index contributed by atoms with van der Waals surface area (Å²) in [4.78, 5) is 12.7. The minimum absolute atomic E-state index is 0. The summed E-state index contributed by atoms with van der Waals surface area (Å²) in [6, 6.07) is 16.5. The number of benzene rings is 2. The van der Waals surface area contributed by atoms with E-state index in [1.807, 2.05) is 24.3 Å². The summed E-state index contributed by atoms with van der Waals surface area (Å²) >= 11 is 0. The van der Waals surface area contributed by atoms with E-state index < -0.39 is 0 Å². The SMILES string of the molecule is Cl.O=C(NCC1NCCc2ccccc21)C1CCOc2ccccc21. The molecule has 2 unspecified atom stereocenters. The smallest absolute Gasteiger partial charge is 0.227 e. The molecule has 2 aromatic carbocycles. The van der Waals surface area contributed by atoms with Crippen LogP contribution in [0.5, 0.6) is 5.75 Å². The van der Waals surface area contributed by atoms with E-state index in [1.165, 1.54) is 11.1 Å². The second-order valence-corrected chi connectivity index (χ2v) is 6.43. The second kappa shape index (κ2) is 7.89. The van der Waals surface area contributed by atoms with Crippen molar-refractivity contribution in [2.75, 3.05) is 19.7 Å². The molecular formula is C20H23ClN2O2. The Labute approximate surface area is 154 Å². The minimum Gasteiger partial charge on any atom is -0.493 e. The molecule has 0 radical (unpaired) electrons. The highest BCUT2D eigenvalue weighted by Gasteiger charge is 2.28. The molecule has 2 aliphatic heterocycles. The molecule has 4 rings (SSSR count). The Morgan fingerprint density at radius 3 is 2.76 bits per heavy atom. The van der Waals surface area contributed by atoms with E-state index in [9.17, 15) is 4.79 Å². The van der Waals surface area contributed by atoms with Gasteiger partial charge in [-0.3, -0.25) is 4.79 Å². The van der Waals surface area contributed by atoms with Gasteiger partial charge in [-0.2, -0.15) is 0 Å². The van der Waals surface area contributed by atoms with Gasteiger partial charge in [0.15, 0.2) is 0 Å². The largest absolute Gasteiger partial charge is 0.493 e. The molecule has 2 aliphatic rings. The topological polar surface area (TPSA) is 50.4 Å².